The number of hydrogen-bond acceptors (Lipinski definition) is 3. The highest BCUT2D eigenvalue weighted by molar-refractivity contribution is 6.02. The lowest BCUT2D eigenvalue weighted by Gasteiger charge is -2.09. The van der Waals surface area contributed by atoms with Gasteiger partial charge in [-0.15, -0.1) is 0 Å². The minimum absolute atomic E-state index is 0.0800. The van der Waals surface area contributed by atoms with Gasteiger partial charge in [0.2, 0.25) is 5.91 Å². The summed E-state index contributed by atoms with van der Waals surface area (Å²) in [5.41, 5.74) is 6.09. The lowest BCUT2D eigenvalue weighted by atomic mass is 10.1. The molecule has 4 N–H and O–H groups in total. The number of nitrogens with one attached hydrogen (secondary N) is 1. The Hall–Kier alpha value is -2.40. The maximum absolute atomic E-state index is 11.8. The molecule has 0 aliphatic heterocycles. The molecule has 0 radical (unpaired) electrons. The summed E-state index contributed by atoms with van der Waals surface area (Å²) in [7, 11) is 0. The van der Waals surface area contributed by atoms with Gasteiger partial charge in [-0.25, -0.2) is 0 Å². The van der Waals surface area contributed by atoms with Gasteiger partial charge in [-0.3, -0.25) is 9.59 Å². The number of carboxylic acid groups (broad SMARTS) is 1. The number of carbonyl (C=O) groups excluding carboxylic acids is 1. The van der Waals surface area contributed by atoms with Crippen LogP contribution in [0.5, 0.6) is 0 Å². The van der Waals surface area contributed by atoms with Gasteiger partial charge in [-0.2, -0.15) is 0 Å². The van der Waals surface area contributed by atoms with E-state index < -0.39 is 12.0 Å². The third-order valence-electron chi connectivity index (χ3n) is 3.06. The van der Waals surface area contributed by atoms with Gasteiger partial charge in [-0.05, 0) is 17.9 Å². The molecule has 0 saturated heterocycles. The van der Waals surface area contributed by atoms with Crippen LogP contribution < -0.4 is 11.1 Å². The van der Waals surface area contributed by atoms with E-state index in [-0.39, 0.29) is 18.7 Å². The number of rotatable bonds is 5. The molecule has 0 unspecified atom stereocenters. The van der Waals surface area contributed by atoms with Crippen molar-refractivity contribution in [3.05, 3.63) is 42.5 Å². The van der Waals surface area contributed by atoms with Crippen LogP contribution in [0.4, 0.5) is 5.69 Å². The second-order valence-corrected chi connectivity index (χ2v) is 4.56. The summed E-state index contributed by atoms with van der Waals surface area (Å²) in [6.07, 6.45) is 0.197. The van der Waals surface area contributed by atoms with E-state index in [1.807, 2.05) is 42.5 Å². The molecule has 104 valence electrons. The van der Waals surface area contributed by atoms with Crippen molar-refractivity contribution >= 4 is 28.3 Å². The van der Waals surface area contributed by atoms with E-state index in [0.717, 1.165) is 16.5 Å². The van der Waals surface area contributed by atoms with Gasteiger partial charge in [0.25, 0.3) is 0 Å². The first-order chi connectivity index (χ1) is 9.58. The van der Waals surface area contributed by atoms with Crippen molar-refractivity contribution in [2.75, 3.05) is 5.32 Å². The molecule has 0 aliphatic rings. The summed E-state index contributed by atoms with van der Waals surface area (Å²) in [6, 6.07) is 12.4. The van der Waals surface area contributed by atoms with E-state index in [0.29, 0.717) is 0 Å². The maximum atomic E-state index is 11.8. The summed E-state index contributed by atoms with van der Waals surface area (Å²) in [6.45, 7) is 0. The van der Waals surface area contributed by atoms with E-state index in [9.17, 15) is 9.59 Å². The summed E-state index contributed by atoms with van der Waals surface area (Å²) in [5, 5.41) is 13.4. The van der Waals surface area contributed by atoms with Gasteiger partial charge in [-0.1, -0.05) is 36.4 Å². The fraction of sp³-hybridized carbons (Fsp3) is 0.200. The standard InChI is InChI=1S/C15H16N2O3/c16-12(15(19)20)8-9-14(18)17-13-7-3-5-10-4-1-2-6-11(10)13/h1-7,12H,8-9,16H2,(H,17,18)(H,19,20)/t12-/m1/s1. The fourth-order valence-corrected chi connectivity index (χ4v) is 1.96. The molecule has 5 heteroatoms. The Morgan fingerprint density at radius 1 is 1.15 bits per heavy atom. The van der Waals surface area contributed by atoms with Gasteiger partial charge >= 0.3 is 5.97 Å². The molecule has 0 bridgehead atoms. The lowest BCUT2D eigenvalue weighted by molar-refractivity contribution is -0.138. The Balaban J connectivity index is 2.05. The van der Waals surface area contributed by atoms with Gasteiger partial charge in [0.05, 0.1) is 0 Å². The number of anilines is 1. The highest BCUT2D eigenvalue weighted by Crippen LogP contribution is 2.23. The molecule has 1 amide bonds. The zero-order valence-corrected chi connectivity index (χ0v) is 10.9. The summed E-state index contributed by atoms with van der Waals surface area (Å²) in [4.78, 5) is 22.4. The number of carbonyl (C=O) groups is 2. The van der Waals surface area contributed by atoms with Crippen molar-refractivity contribution in [1.29, 1.82) is 0 Å². The Morgan fingerprint density at radius 2 is 1.85 bits per heavy atom. The average Bonchev–Trinajstić information content (AvgIpc) is 2.45. The minimum atomic E-state index is -1.09. The molecule has 2 aromatic carbocycles. The number of amides is 1. The Morgan fingerprint density at radius 3 is 2.60 bits per heavy atom. The van der Waals surface area contributed by atoms with E-state index in [1.54, 1.807) is 0 Å². The van der Waals surface area contributed by atoms with Crippen LogP contribution in [-0.4, -0.2) is 23.0 Å². The van der Waals surface area contributed by atoms with E-state index in [4.69, 9.17) is 10.8 Å². The van der Waals surface area contributed by atoms with Gasteiger partial charge in [0, 0.05) is 17.5 Å². The van der Waals surface area contributed by atoms with Crippen LogP contribution in [-0.2, 0) is 9.59 Å². The summed E-state index contributed by atoms with van der Waals surface area (Å²) < 4.78 is 0. The molecular weight excluding hydrogens is 256 g/mol. The van der Waals surface area contributed by atoms with E-state index in [2.05, 4.69) is 5.32 Å². The van der Waals surface area contributed by atoms with Crippen LogP contribution >= 0.6 is 0 Å². The minimum Gasteiger partial charge on any atom is -0.480 e. The van der Waals surface area contributed by atoms with Gasteiger partial charge < -0.3 is 16.2 Å². The van der Waals surface area contributed by atoms with Crippen LogP contribution in [0.2, 0.25) is 0 Å². The van der Waals surface area contributed by atoms with Crippen molar-refractivity contribution in [1.82, 2.24) is 0 Å². The van der Waals surface area contributed by atoms with Crippen molar-refractivity contribution in [2.24, 2.45) is 5.73 Å². The van der Waals surface area contributed by atoms with Crippen LogP contribution in [0.15, 0.2) is 42.5 Å². The van der Waals surface area contributed by atoms with Crippen LogP contribution in [0.3, 0.4) is 0 Å². The topological polar surface area (TPSA) is 92.4 Å². The predicted molar refractivity (Wildman–Crippen MR) is 77.4 cm³/mol. The van der Waals surface area contributed by atoms with Gasteiger partial charge in [0.1, 0.15) is 6.04 Å². The molecule has 0 heterocycles. The molecule has 5 nitrogen and oxygen atoms in total. The number of benzene rings is 2. The van der Waals surface area contributed by atoms with Crippen molar-refractivity contribution < 1.29 is 14.7 Å². The molecule has 2 rings (SSSR count). The van der Waals surface area contributed by atoms with Crippen LogP contribution in [0, 0.1) is 0 Å². The van der Waals surface area contributed by atoms with E-state index >= 15 is 0 Å². The fourth-order valence-electron chi connectivity index (χ4n) is 1.96. The predicted octanol–water partition coefficient (Wildman–Crippen LogP) is 1.97. The second-order valence-electron chi connectivity index (χ2n) is 4.56. The number of hydrogen-bond donors (Lipinski definition) is 3. The average molecular weight is 272 g/mol. The van der Waals surface area contributed by atoms with Crippen LogP contribution in [0.25, 0.3) is 10.8 Å². The first kappa shape index (κ1) is 14.0. The number of carboxylic acids is 1. The molecule has 0 saturated carbocycles. The molecule has 0 fully saturated rings. The normalized spacial score (nSPS) is 12.1. The lowest BCUT2D eigenvalue weighted by Crippen LogP contribution is -2.31. The van der Waals surface area contributed by atoms with Crippen molar-refractivity contribution in [3.8, 4) is 0 Å². The van der Waals surface area contributed by atoms with Crippen LogP contribution in [0.1, 0.15) is 12.8 Å². The maximum Gasteiger partial charge on any atom is 0.320 e. The summed E-state index contributed by atoms with van der Waals surface area (Å²) >= 11 is 0. The monoisotopic (exact) mass is 272 g/mol. The number of fused-ring (bicyclic) bond motifs is 1. The third kappa shape index (κ3) is 3.33. The highest BCUT2D eigenvalue weighted by atomic mass is 16.4. The molecule has 0 aromatic heterocycles. The number of nitrogens with two attached hydrogens (primary N) is 1. The smallest absolute Gasteiger partial charge is 0.320 e. The zero-order valence-electron chi connectivity index (χ0n) is 10.9. The molecule has 20 heavy (non-hydrogen) atoms. The SMILES string of the molecule is N[C@H](CCC(=O)Nc1cccc2ccccc12)C(=O)O. The Bertz CT molecular complexity index is 635. The first-order valence-electron chi connectivity index (χ1n) is 6.34. The molecule has 0 spiro atoms. The largest absolute Gasteiger partial charge is 0.480 e. The second kappa shape index (κ2) is 6.16. The van der Waals surface area contributed by atoms with Gasteiger partial charge in [0.15, 0.2) is 0 Å². The summed E-state index contributed by atoms with van der Waals surface area (Å²) in [5.74, 6) is -1.33. The van der Waals surface area contributed by atoms with Crippen molar-refractivity contribution in [2.45, 2.75) is 18.9 Å². The molecule has 2 aromatic rings. The highest BCUT2D eigenvalue weighted by Gasteiger charge is 2.13. The quantitative estimate of drug-likeness (QED) is 0.775. The first-order valence-corrected chi connectivity index (χ1v) is 6.34. The third-order valence-corrected chi connectivity index (χ3v) is 3.06. The number of aliphatic carboxylic acids is 1. The van der Waals surface area contributed by atoms with E-state index in [1.165, 1.54) is 0 Å². The Kier molecular flexibility index (Phi) is 4.32. The molecular formula is C15H16N2O3. The Labute approximate surface area is 116 Å². The molecule has 1 atom stereocenters. The molecule has 0 aliphatic carbocycles. The zero-order chi connectivity index (χ0) is 14.5. The van der Waals surface area contributed by atoms with Crippen molar-refractivity contribution in [3.63, 3.8) is 0 Å².